The summed E-state index contributed by atoms with van der Waals surface area (Å²) in [7, 11) is 0. The lowest BCUT2D eigenvalue weighted by Crippen LogP contribution is -2.29. The first kappa shape index (κ1) is 13.9. The van der Waals surface area contributed by atoms with Gasteiger partial charge in [0.05, 0.1) is 12.7 Å². The molecular formula is C11H25NO2. The van der Waals surface area contributed by atoms with Gasteiger partial charge in [0.1, 0.15) is 0 Å². The van der Waals surface area contributed by atoms with Crippen molar-refractivity contribution in [3.8, 4) is 0 Å². The molecule has 0 saturated heterocycles. The van der Waals surface area contributed by atoms with Gasteiger partial charge in [-0.1, -0.05) is 20.8 Å². The van der Waals surface area contributed by atoms with Crippen LogP contribution in [0.25, 0.3) is 0 Å². The van der Waals surface area contributed by atoms with Crippen LogP contribution >= 0.6 is 0 Å². The van der Waals surface area contributed by atoms with E-state index >= 15 is 0 Å². The fourth-order valence-corrected chi connectivity index (χ4v) is 1.01. The molecule has 14 heavy (non-hydrogen) atoms. The Bertz CT molecular complexity index is 132. The van der Waals surface area contributed by atoms with E-state index in [4.69, 9.17) is 15.2 Å². The van der Waals surface area contributed by atoms with Crippen LogP contribution in [0.2, 0.25) is 0 Å². The second-order valence-electron chi connectivity index (χ2n) is 4.70. The molecule has 86 valence electrons. The number of nitrogens with two attached hydrogens (primary N) is 1. The fourth-order valence-electron chi connectivity index (χ4n) is 1.01. The van der Waals surface area contributed by atoms with Crippen LogP contribution in [0.5, 0.6) is 0 Å². The Morgan fingerprint density at radius 1 is 1.29 bits per heavy atom. The summed E-state index contributed by atoms with van der Waals surface area (Å²) < 4.78 is 10.9. The summed E-state index contributed by atoms with van der Waals surface area (Å²) in [4.78, 5) is 0. The number of hydrogen-bond acceptors (Lipinski definition) is 3. The Hall–Kier alpha value is -0.120. The van der Waals surface area contributed by atoms with Crippen LogP contribution in [0, 0.1) is 5.41 Å². The van der Waals surface area contributed by atoms with Gasteiger partial charge in [-0.2, -0.15) is 0 Å². The average molecular weight is 203 g/mol. The smallest absolute Gasteiger partial charge is 0.0930 e. The van der Waals surface area contributed by atoms with Crippen molar-refractivity contribution in [2.24, 2.45) is 11.1 Å². The molecule has 3 nitrogen and oxygen atoms in total. The van der Waals surface area contributed by atoms with E-state index in [9.17, 15) is 0 Å². The molecule has 0 saturated carbocycles. The Morgan fingerprint density at radius 2 is 1.93 bits per heavy atom. The summed E-state index contributed by atoms with van der Waals surface area (Å²) in [5, 5.41) is 0. The van der Waals surface area contributed by atoms with Gasteiger partial charge < -0.3 is 15.2 Å². The van der Waals surface area contributed by atoms with Gasteiger partial charge in [0.25, 0.3) is 0 Å². The van der Waals surface area contributed by atoms with Gasteiger partial charge in [-0.3, -0.25) is 0 Å². The molecule has 0 radical (unpaired) electrons. The molecule has 0 aliphatic heterocycles. The van der Waals surface area contributed by atoms with Crippen molar-refractivity contribution in [1.82, 2.24) is 0 Å². The SMILES string of the molecule is CCOC(CN)COCCC(C)(C)C. The zero-order valence-corrected chi connectivity index (χ0v) is 10.0. The molecule has 0 spiro atoms. The van der Waals surface area contributed by atoms with Crippen molar-refractivity contribution in [2.75, 3.05) is 26.4 Å². The standard InChI is InChI=1S/C11H25NO2/c1-5-14-10(8-12)9-13-7-6-11(2,3)4/h10H,5-9,12H2,1-4H3. The summed E-state index contributed by atoms with van der Waals surface area (Å²) in [6.07, 6.45) is 1.12. The first-order valence-electron chi connectivity index (χ1n) is 5.39. The van der Waals surface area contributed by atoms with Crippen LogP contribution in [-0.2, 0) is 9.47 Å². The summed E-state index contributed by atoms with van der Waals surface area (Å²) in [5.74, 6) is 0. The van der Waals surface area contributed by atoms with Crippen molar-refractivity contribution >= 4 is 0 Å². The maximum atomic E-state index is 5.52. The van der Waals surface area contributed by atoms with E-state index in [1.165, 1.54) is 0 Å². The predicted octanol–water partition coefficient (Wildman–Crippen LogP) is 1.80. The Morgan fingerprint density at radius 3 is 2.36 bits per heavy atom. The highest BCUT2D eigenvalue weighted by molar-refractivity contribution is 4.61. The van der Waals surface area contributed by atoms with E-state index in [-0.39, 0.29) is 6.10 Å². The first-order valence-corrected chi connectivity index (χ1v) is 5.39. The summed E-state index contributed by atoms with van der Waals surface area (Å²) >= 11 is 0. The molecule has 0 rings (SSSR count). The number of rotatable bonds is 7. The normalized spacial score (nSPS) is 14.4. The van der Waals surface area contributed by atoms with Crippen molar-refractivity contribution in [3.63, 3.8) is 0 Å². The van der Waals surface area contributed by atoms with Gasteiger partial charge in [-0.05, 0) is 18.8 Å². The largest absolute Gasteiger partial charge is 0.379 e. The van der Waals surface area contributed by atoms with Crippen LogP contribution in [-0.4, -0.2) is 32.5 Å². The maximum Gasteiger partial charge on any atom is 0.0930 e. The summed E-state index contributed by atoms with van der Waals surface area (Å²) in [6, 6.07) is 0. The molecule has 0 aromatic carbocycles. The van der Waals surface area contributed by atoms with Crippen LogP contribution in [0.15, 0.2) is 0 Å². The van der Waals surface area contributed by atoms with E-state index in [0.717, 1.165) is 13.0 Å². The minimum Gasteiger partial charge on any atom is -0.379 e. The second kappa shape index (κ2) is 7.21. The van der Waals surface area contributed by atoms with Crippen molar-refractivity contribution < 1.29 is 9.47 Å². The summed E-state index contributed by atoms with van der Waals surface area (Å²) in [6.45, 7) is 11.2. The third-order valence-electron chi connectivity index (χ3n) is 1.97. The maximum absolute atomic E-state index is 5.52. The molecule has 0 aromatic heterocycles. The van der Waals surface area contributed by atoms with Gasteiger partial charge in [0.2, 0.25) is 0 Å². The van der Waals surface area contributed by atoms with E-state index in [1.54, 1.807) is 0 Å². The molecule has 2 N–H and O–H groups in total. The second-order valence-corrected chi connectivity index (χ2v) is 4.70. The first-order chi connectivity index (χ1) is 6.49. The van der Waals surface area contributed by atoms with Crippen LogP contribution < -0.4 is 5.73 Å². The van der Waals surface area contributed by atoms with Gasteiger partial charge in [-0.15, -0.1) is 0 Å². The van der Waals surface area contributed by atoms with Crippen molar-refractivity contribution in [2.45, 2.75) is 40.2 Å². The molecule has 1 unspecified atom stereocenters. The zero-order chi connectivity index (χ0) is 11.0. The minimum atomic E-state index is 0.0555. The molecule has 0 aromatic rings. The molecule has 1 atom stereocenters. The average Bonchev–Trinajstić information content (AvgIpc) is 2.08. The molecule has 0 aliphatic carbocycles. The van der Waals surface area contributed by atoms with Gasteiger partial charge in [0, 0.05) is 19.8 Å². The lowest BCUT2D eigenvalue weighted by molar-refractivity contribution is -0.0117. The highest BCUT2D eigenvalue weighted by atomic mass is 16.5. The van der Waals surface area contributed by atoms with E-state index in [1.807, 2.05) is 6.92 Å². The van der Waals surface area contributed by atoms with Crippen LogP contribution in [0.3, 0.4) is 0 Å². The van der Waals surface area contributed by atoms with Crippen LogP contribution in [0.4, 0.5) is 0 Å². The molecule has 0 amide bonds. The topological polar surface area (TPSA) is 44.5 Å². The number of hydrogen-bond donors (Lipinski definition) is 1. The predicted molar refractivity (Wildman–Crippen MR) is 59.4 cm³/mol. The lowest BCUT2D eigenvalue weighted by atomic mass is 9.93. The monoisotopic (exact) mass is 203 g/mol. The molecule has 0 heterocycles. The van der Waals surface area contributed by atoms with Crippen molar-refractivity contribution in [3.05, 3.63) is 0 Å². The Kier molecular flexibility index (Phi) is 7.15. The Balaban J connectivity index is 3.42. The molecule has 3 heteroatoms. The quantitative estimate of drug-likeness (QED) is 0.642. The molecular weight excluding hydrogens is 178 g/mol. The fraction of sp³-hybridized carbons (Fsp3) is 1.00. The van der Waals surface area contributed by atoms with Gasteiger partial charge in [-0.25, -0.2) is 0 Å². The van der Waals surface area contributed by atoms with Crippen LogP contribution in [0.1, 0.15) is 34.1 Å². The van der Waals surface area contributed by atoms with E-state index in [2.05, 4.69) is 20.8 Å². The van der Waals surface area contributed by atoms with Gasteiger partial charge >= 0.3 is 0 Å². The summed E-state index contributed by atoms with van der Waals surface area (Å²) in [5.41, 5.74) is 5.86. The molecule has 0 fully saturated rings. The van der Waals surface area contributed by atoms with Crippen molar-refractivity contribution in [1.29, 1.82) is 0 Å². The highest BCUT2D eigenvalue weighted by Crippen LogP contribution is 2.17. The zero-order valence-electron chi connectivity index (χ0n) is 10.0. The van der Waals surface area contributed by atoms with Gasteiger partial charge in [0.15, 0.2) is 0 Å². The molecule has 0 aliphatic rings. The van der Waals surface area contributed by atoms with E-state index < -0.39 is 0 Å². The van der Waals surface area contributed by atoms with E-state index in [0.29, 0.717) is 25.2 Å². The molecule has 0 bridgehead atoms. The Labute approximate surface area is 88.0 Å². The highest BCUT2D eigenvalue weighted by Gasteiger charge is 2.11. The lowest BCUT2D eigenvalue weighted by Gasteiger charge is -2.19. The minimum absolute atomic E-state index is 0.0555. The third kappa shape index (κ3) is 8.48. The number of ether oxygens (including phenoxy) is 2. The third-order valence-corrected chi connectivity index (χ3v) is 1.97.